The Kier molecular flexibility index (Phi) is 2.46. The molecule has 0 amide bonds. The van der Waals surface area contributed by atoms with Gasteiger partial charge >= 0.3 is 5.97 Å². The molecule has 0 saturated heterocycles. The summed E-state index contributed by atoms with van der Waals surface area (Å²) in [6.07, 6.45) is 5.75. The largest absolute Gasteiger partial charge is 0.465 e. The lowest BCUT2D eigenvalue weighted by Crippen LogP contribution is -2.15. The highest BCUT2D eigenvalue weighted by Gasteiger charge is 2.65. The summed E-state index contributed by atoms with van der Waals surface area (Å²) < 4.78 is 4.74. The molecule has 3 aliphatic carbocycles. The van der Waals surface area contributed by atoms with E-state index in [-0.39, 0.29) is 0 Å². The normalized spacial score (nSPS) is 36.5. The van der Waals surface area contributed by atoms with E-state index in [2.05, 4.69) is 10.3 Å². The molecular weight excluding hydrogens is 254 g/mol. The van der Waals surface area contributed by atoms with Crippen LogP contribution in [0.25, 0.3) is 0 Å². The van der Waals surface area contributed by atoms with Crippen LogP contribution in [0.15, 0.2) is 12.3 Å². The first-order chi connectivity index (χ1) is 9.69. The van der Waals surface area contributed by atoms with Gasteiger partial charge in [-0.2, -0.15) is 0 Å². The Morgan fingerprint density at radius 3 is 2.75 bits per heavy atom. The Balaban J connectivity index is 1.52. The number of nitrogens with two attached hydrogens (primary N) is 1. The minimum atomic E-state index is -0.413. The molecule has 3 fully saturated rings. The molecule has 1 heterocycles. The fraction of sp³-hybridized carbons (Fsp3) is 0.600. The first-order valence-electron chi connectivity index (χ1n) is 7.29. The minimum Gasteiger partial charge on any atom is -0.465 e. The molecule has 4 rings (SSSR count). The molecule has 1 aromatic heterocycles. The summed E-state index contributed by atoms with van der Waals surface area (Å²) in [6.45, 7) is 0. The van der Waals surface area contributed by atoms with Crippen molar-refractivity contribution in [3.63, 3.8) is 0 Å². The highest BCUT2D eigenvalue weighted by Crippen LogP contribution is 2.66. The lowest BCUT2D eigenvalue weighted by molar-refractivity contribution is 0.0602. The molecule has 4 atom stereocenters. The summed E-state index contributed by atoms with van der Waals surface area (Å²) in [5.41, 5.74) is 6.51. The van der Waals surface area contributed by atoms with Crippen molar-refractivity contribution in [3.05, 3.63) is 17.8 Å². The van der Waals surface area contributed by atoms with Crippen LogP contribution in [0.3, 0.4) is 0 Å². The third kappa shape index (κ3) is 1.62. The number of nitrogens with zero attached hydrogens (tertiary/aromatic N) is 1. The molecule has 0 aliphatic heterocycles. The number of esters is 1. The van der Waals surface area contributed by atoms with Gasteiger partial charge in [-0.3, -0.25) is 0 Å². The lowest BCUT2D eigenvalue weighted by Gasteiger charge is -2.12. The van der Waals surface area contributed by atoms with Crippen LogP contribution in [0.1, 0.15) is 29.6 Å². The van der Waals surface area contributed by atoms with Gasteiger partial charge in [-0.15, -0.1) is 0 Å². The summed E-state index contributed by atoms with van der Waals surface area (Å²) >= 11 is 0. The van der Waals surface area contributed by atoms with E-state index in [1.54, 1.807) is 6.07 Å². The number of nitrogen functional groups attached to an aromatic ring is 1. The van der Waals surface area contributed by atoms with Crippen molar-refractivity contribution in [2.24, 2.45) is 23.7 Å². The molecule has 1 aromatic rings. The van der Waals surface area contributed by atoms with Gasteiger partial charge in [0.15, 0.2) is 0 Å². The molecule has 0 aromatic carbocycles. The number of anilines is 2. The maximum Gasteiger partial charge on any atom is 0.340 e. The molecule has 2 bridgehead atoms. The molecule has 4 unspecified atom stereocenters. The summed E-state index contributed by atoms with van der Waals surface area (Å²) in [5.74, 6) is 3.81. The Morgan fingerprint density at radius 2 is 2.10 bits per heavy atom. The average molecular weight is 273 g/mol. The number of fused-ring (bicyclic) bond motifs is 5. The Labute approximate surface area is 117 Å². The van der Waals surface area contributed by atoms with Gasteiger partial charge < -0.3 is 15.8 Å². The van der Waals surface area contributed by atoms with E-state index >= 15 is 0 Å². The SMILES string of the molecule is COC(=O)c1cc(NC2C3C4CCC(C4)C23)ncc1N. The molecule has 3 N–H and O–H groups in total. The highest BCUT2D eigenvalue weighted by atomic mass is 16.5. The van der Waals surface area contributed by atoms with Crippen LogP contribution in [0.4, 0.5) is 11.5 Å². The summed E-state index contributed by atoms with van der Waals surface area (Å²) in [4.78, 5) is 15.9. The Hall–Kier alpha value is -1.78. The smallest absolute Gasteiger partial charge is 0.340 e. The Bertz CT molecular complexity index is 558. The first-order valence-corrected chi connectivity index (χ1v) is 7.29. The van der Waals surface area contributed by atoms with Gasteiger partial charge in [-0.1, -0.05) is 0 Å². The van der Waals surface area contributed by atoms with Crippen molar-refractivity contribution in [2.45, 2.75) is 25.3 Å². The second-order valence-corrected chi connectivity index (χ2v) is 6.31. The monoisotopic (exact) mass is 273 g/mol. The van der Waals surface area contributed by atoms with Crippen molar-refractivity contribution >= 4 is 17.5 Å². The average Bonchev–Trinajstić information content (AvgIpc) is 2.85. The van der Waals surface area contributed by atoms with Crippen molar-refractivity contribution in [1.29, 1.82) is 0 Å². The molecule has 3 saturated carbocycles. The van der Waals surface area contributed by atoms with Gasteiger partial charge in [0.25, 0.3) is 0 Å². The zero-order valence-corrected chi connectivity index (χ0v) is 11.5. The molecule has 5 nitrogen and oxygen atoms in total. The molecule has 20 heavy (non-hydrogen) atoms. The zero-order valence-electron chi connectivity index (χ0n) is 11.5. The van der Waals surface area contributed by atoms with Gasteiger partial charge in [-0.25, -0.2) is 9.78 Å². The summed E-state index contributed by atoms with van der Waals surface area (Å²) in [6, 6.07) is 2.25. The van der Waals surface area contributed by atoms with E-state index in [4.69, 9.17) is 10.5 Å². The number of aromatic nitrogens is 1. The van der Waals surface area contributed by atoms with Crippen molar-refractivity contribution < 1.29 is 9.53 Å². The Morgan fingerprint density at radius 1 is 1.40 bits per heavy atom. The van der Waals surface area contributed by atoms with E-state index in [0.29, 0.717) is 17.3 Å². The fourth-order valence-corrected chi connectivity index (χ4v) is 4.52. The van der Waals surface area contributed by atoms with Crippen molar-refractivity contribution in [2.75, 3.05) is 18.2 Å². The number of pyridine rings is 1. The van der Waals surface area contributed by atoms with Gasteiger partial charge in [0, 0.05) is 6.04 Å². The minimum absolute atomic E-state index is 0.360. The standard InChI is InChI=1S/C15H19N3O2/c1-20-15(19)9-5-11(17-6-10(9)16)18-14-12-7-2-3-8(4-7)13(12)14/h5-8,12-14H,2-4,16H2,1H3,(H,17,18). The van der Waals surface area contributed by atoms with Crippen LogP contribution in [0.2, 0.25) is 0 Å². The molecule has 0 spiro atoms. The number of hydrogen-bond donors (Lipinski definition) is 2. The van der Waals surface area contributed by atoms with Crippen LogP contribution in [0, 0.1) is 23.7 Å². The van der Waals surface area contributed by atoms with E-state index in [1.807, 2.05) is 0 Å². The number of methoxy groups -OCH3 is 1. The summed E-state index contributed by atoms with van der Waals surface area (Å²) in [7, 11) is 1.36. The number of carbonyl (C=O) groups is 1. The highest BCUT2D eigenvalue weighted by molar-refractivity contribution is 5.95. The lowest BCUT2D eigenvalue weighted by atomic mass is 10.0. The van der Waals surface area contributed by atoms with Gasteiger partial charge in [-0.05, 0) is 49.0 Å². The quantitative estimate of drug-likeness (QED) is 0.823. The zero-order chi connectivity index (χ0) is 13.9. The van der Waals surface area contributed by atoms with E-state index in [9.17, 15) is 4.79 Å². The second kappa shape index (κ2) is 4.11. The van der Waals surface area contributed by atoms with Crippen LogP contribution in [0.5, 0.6) is 0 Å². The maximum atomic E-state index is 11.6. The fourth-order valence-electron chi connectivity index (χ4n) is 4.52. The van der Waals surface area contributed by atoms with Crippen LogP contribution in [-0.2, 0) is 4.74 Å². The molecular formula is C15H19N3O2. The van der Waals surface area contributed by atoms with Crippen LogP contribution < -0.4 is 11.1 Å². The topological polar surface area (TPSA) is 77.2 Å². The van der Waals surface area contributed by atoms with Gasteiger partial charge in [0.05, 0.1) is 24.6 Å². The number of rotatable bonds is 3. The van der Waals surface area contributed by atoms with E-state index in [1.165, 1.54) is 32.6 Å². The number of ether oxygens (including phenoxy) is 1. The van der Waals surface area contributed by atoms with Crippen molar-refractivity contribution in [3.8, 4) is 0 Å². The van der Waals surface area contributed by atoms with Gasteiger partial charge in [0.1, 0.15) is 5.82 Å². The van der Waals surface area contributed by atoms with Crippen LogP contribution in [-0.4, -0.2) is 24.1 Å². The van der Waals surface area contributed by atoms with E-state index < -0.39 is 5.97 Å². The molecule has 3 aliphatic rings. The number of carbonyl (C=O) groups excluding carboxylic acids is 1. The molecule has 106 valence electrons. The van der Waals surface area contributed by atoms with E-state index in [0.717, 1.165) is 29.5 Å². The summed E-state index contributed by atoms with van der Waals surface area (Å²) in [5, 5.41) is 3.49. The maximum absolute atomic E-state index is 11.6. The van der Waals surface area contributed by atoms with Crippen LogP contribution >= 0.6 is 0 Å². The predicted molar refractivity (Wildman–Crippen MR) is 75.2 cm³/mol. The predicted octanol–water partition coefficient (Wildman–Crippen LogP) is 1.91. The third-order valence-corrected chi connectivity index (χ3v) is 5.39. The van der Waals surface area contributed by atoms with Crippen molar-refractivity contribution in [1.82, 2.24) is 4.98 Å². The molecule has 5 heteroatoms. The second-order valence-electron chi connectivity index (χ2n) is 6.31. The first kappa shape index (κ1) is 12.0. The number of hydrogen-bond acceptors (Lipinski definition) is 5. The number of nitrogens with one attached hydrogen (secondary N) is 1. The third-order valence-electron chi connectivity index (χ3n) is 5.39. The van der Waals surface area contributed by atoms with Gasteiger partial charge in [0.2, 0.25) is 0 Å². The molecule has 0 radical (unpaired) electrons.